The molecule has 26 heavy (non-hydrogen) atoms. The molecule has 0 aliphatic rings. The highest BCUT2D eigenvalue weighted by molar-refractivity contribution is 7.92. The van der Waals surface area contributed by atoms with Gasteiger partial charge in [0.05, 0.1) is 17.5 Å². The molecule has 2 N–H and O–H groups in total. The summed E-state index contributed by atoms with van der Waals surface area (Å²) in [5, 5.41) is 3.19. The van der Waals surface area contributed by atoms with Gasteiger partial charge >= 0.3 is 0 Å². The molecule has 0 fully saturated rings. The molecule has 6 nitrogen and oxygen atoms in total. The normalized spacial score (nSPS) is 11.1. The van der Waals surface area contributed by atoms with Gasteiger partial charge in [0, 0.05) is 17.5 Å². The fraction of sp³-hybridized carbons (Fsp3) is 0.111. The Hall–Kier alpha value is -2.71. The zero-order valence-corrected chi connectivity index (χ0v) is 15.6. The third-order valence-electron chi connectivity index (χ3n) is 3.46. The standard InChI is InChI=1S/C18H17N3O3S2/c1-26(23,24)21-16-10-6-5-9-15(16)17(22)20-18-19-12-14(25-18)11-13-7-3-2-4-8-13/h2-10,12,21H,11H2,1H3,(H,19,20,22). The maximum Gasteiger partial charge on any atom is 0.259 e. The number of nitrogens with zero attached hydrogens (tertiary/aromatic N) is 1. The lowest BCUT2D eigenvalue weighted by Crippen LogP contribution is -2.17. The Morgan fingerprint density at radius 1 is 1.08 bits per heavy atom. The quantitative estimate of drug-likeness (QED) is 0.679. The molecule has 0 bridgehead atoms. The summed E-state index contributed by atoms with van der Waals surface area (Å²) in [7, 11) is -3.48. The molecule has 1 aromatic heterocycles. The van der Waals surface area contributed by atoms with Crippen molar-refractivity contribution < 1.29 is 13.2 Å². The first-order valence-corrected chi connectivity index (χ1v) is 10.5. The summed E-state index contributed by atoms with van der Waals surface area (Å²) < 4.78 is 25.3. The van der Waals surface area contributed by atoms with Crippen molar-refractivity contribution in [2.24, 2.45) is 0 Å². The molecule has 0 aliphatic carbocycles. The van der Waals surface area contributed by atoms with Gasteiger partial charge in [0.1, 0.15) is 0 Å². The van der Waals surface area contributed by atoms with Crippen molar-refractivity contribution in [3.05, 3.63) is 76.8 Å². The largest absolute Gasteiger partial charge is 0.298 e. The highest BCUT2D eigenvalue weighted by Crippen LogP contribution is 2.23. The minimum Gasteiger partial charge on any atom is -0.298 e. The molecule has 1 amide bonds. The molecule has 8 heteroatoms. The summed E-state index contributed by atoms with van der Waals surface area (Å²) in [6, 6.07) is 16.4. The molecule has 3 aromatic rings. The topological polar surface area (TPSA) is 88.2 Å². The number of benzene rings is 2. The highest BCUT2D eigenvalue weighted by atomic mass is 32.2. The minimum atomic E-state index is -3.48. The van der Waals surface area contributed by atoms with Gasteiger partial charge in [0.2, 0.25) is 10.0 Å². The van der Waals surface area contributed by atoms with Gasteiger partial charge in [-0.3, -0.25) is 14.8 Å². The van der Waals surface area contributed by atoms with E-state index in [1.54, 1.807) is 30.5 Å². The van der Waals surface area contributed by atoms with Crippen LogP contribution in [0, 0.1) is 0 Å². The highest BCUT2D eigenvalue weighted by Gasteiger charge is 2.15. The molecule has 1 heterocycles. The molecule has 0 saturated heterocycles. The number of rotatable bonds is 6. The van der Waals surface area contributed by atoms with Crippen LogP contribution in [0.15, 0.2) is 60.8 Å². The van der Waals surface area contributed by atoms with Crippen LogP contribution in [-0.4, -0.2) is 25.6 Å². The van der Waals surface area contributed by atoms with Gasteiger partial charge in [-0.2, -0.15) is 0 Å². The number of amides is 1. The molecule has 0 saturated carbocycles. The molecule has 0 radical (unpaired) electrons. The van der Waals surface area contributed by atoms with Gasteiger partial charge in [0.25, 0.3) is 5.91 Å². The van der Waals surface area contributed by atoms with E-state index in [9.17, 15) is 13.2 Å². The predicted molar refractivity (Wildman–Crippen MR) is 104 cm³/mol. The van der Waals surface area contributed by atoms with E-state index in [-0.39, 0.29) is 11.3 Å². The zero-order valence-electron chi connectivity index (χ0n) is 14.0. The minimum absolute atomic E-state index is 0.230. The Morgan fingerprint density at radius 3 is 2.50 bits per heavy atom. The van der Waals surface area contributed by atoms with Crippen LogP contribution in [0.5, 0.6) is 0 Å². The Labute approximate surface area is 156 Å². The van der Waals surface area contributed by atoms with Gasteiger partial charge in [-0.05, 0) is 17.7 Å². The van der Waals surface area contributed by atoms with E-state index in [0.717, 1.165) is 23.1 Å². The van der Waals surface area contributed by atoms with Crippen molar-refractivity contribution in [1.29, 1.82) is 0 Å². The molecule has 0 aliphatic heterocycles. The van der Waals surface area contributed by atoms with Gasteiger partial charge in [-0.15, -0.1) is 11.3 Å². The van der Waals surface area contributed by atoms with E-state index in [1.165, 1.54) is 11.3 Å². The number of thiazole rings is 1. The fourth-order valence-corrected chi connectivity index (χ4v) is 3.80. The molecule has 134 valence electrons. The number of carbonyl (C=O) groups excluding carboxylic acids is 1. The van der Waals surface area contributed by atoms with E-state index in [1.807, 2.05) is 30.3 Å². The van der Waals surface area contributed by atoms with Crippen molar-refractivity contribution in [2.45, 2.75) is 6.42 Å². The number of carbonyl (C=O) groups is 1. The third kappa shape index (κ3) is 4.90. The molecule has 0 atom stereocenters. The molecule has 2 aromatic carbocycles. The zero-order chi connectivity index (χ0) is 18.6. The Morgan fingerprint density at radius 2 is 1.77 bits per heavy atom. The van der Waals surface area contributed by atoms with Crippen LogP contribution in [0.4, 0.5) is 10.8 Å². The van der Waals surface area contributed by atoms with Crippen molar-refractivity contribution in [3.8, 4) is 0 Å². The first-order chi connectivity index (χ1) is 12.4. The van der Waals surface area contributed by atoms with Crippen molar-refractivity contribution in [2.75, 3.05) is 16.3 Å². The Bertz CT molecular complexity index is 1010. The summed E-state index contributed by atoms with van der Waals surface area (Å²) in [4.78, 5) is 17.8. The van der Waals surface area contributed by atoms with Crippen LogP contribution in [0.1, 0.15) is 20.8 Å². The SMILES string of the molecule is CS(=O)(=O)Nc1ccccc1C(=O)Nc1ncc(Cc2ccccc2)s1. The third-order valence-corrected chi connectivity index (χ3v) is 4.97. The van der Waals surface area contributed by atoms with E-state index >= 15 is 0 Å². The second kappa shape index (κ2) is 7.67. The lowest BCUT2D eigenvalue weighted by Gasteiger charge is -2.09. The summed E-state index contributed by atoms with van der Waals surface area (Å²) >= 11 is 1.39. The van der Waals surface area contributed by atoms with Crippen molar-refractivity contribution in [1.82, 2.24) is 4.98 Å². The molecular formula is C18H17N3O3S2. The maximum absolute atomic E-state index is 12.5. The van der Waals surface area contributed by atoms with Crippen LogP contribution < -0.4 is 10.0 Å². The van der Waals surface area contributed by atoms with E-state index in [2.05, 4.69) is 15.0 Å². The van der Waals surface area contributed by atoms with Crippen LogP contribution in [-0.2, 0) is 16.4 Å². The van der Waals surface area contributed by atoms with Crippen LogP contribution in [0.3, 0.4) is 0 Å². The van der Waals surface area contributed by atoms with Gasteiger partial charge in [0.15, 0.2) is 5.13 Å². The number of aromatic nitrogens is 1. The molecule has 0 unspecified atom stereocenters. The Kier molecular flexibility index (Phi) is 5.34. The first kappa shape index (κ1) is 18.1. The summed E-state index contributed by atoms with van der Waals surface area (Å²) in [5.74, 6) is -0.419. The van der Waals surface area contributed by atoms with Gasteiger partial charge in [-0.25, -0.2) is 13.4 Å². The van der Waals surface area contributed by atoms with Crippen molar-refractivity contribution >= 4 is 38.1 Å². The maximum atomic E-state index is 12.5. The monoisotopic (exact) mass is 387 g/mol. The second-order valence-electron chi connectivity index (χ2n) is 5.67. The average molecular weight is 387 g/mol. The van der Waals surface area contributed by atoms with Crippen LogP contribution >= 0.6 is 11.3 Å². The lowest BCUT2D eigenvalue weighted by molar-refractivity contribution is 0.102. The van der Waals surface area contributed by atoms with E-state index in [4.69, 9.17) is 0 Å². The number of nitrogens with one attached hydrogen (secondary N) is 2. The Balaban J connectivity index is 1.73. The number of sulfonamides is 1. The lowest BCUT2D eigenvalue weighted by atomic mass is 10.1. The predicted octanol–water partition coefficient (Wildman–Crippen LogP) is 3.36. The van der Waals surface area contributed by atoms with Gasteiger partial charge in [-0.1, -0.05) is 42.5 Å². The van der Waals surface area contributed by atoms with Crippen molar-refractivity contribution in [3.63, 3.8) is 0 Å². The smallest absolute Gasteiger partial charge is 0.259 e. The molecule has 0 spiro atoms. The summed E-state index contributed by atoms with van der Waals surface area (Å²) in [6.07, 6.45) is 3.51. The van der Waals surface area contributed by atoms with Crippen LogP contribution in [0.2, 0.25) is 0 Å². The fourth-order valence-electron chi connectivity index (χ4n) is 2.38. The van der Waals surface area contributed by atoms with E-state index < -0.39 is 15.9 Å². The number of anilines is 2. The van der Waals surface area contributed by atoms with E-state index in [0.29, 0.717) is 5.13 Å². The second-order valence-corrected chi connectivity index (χ2v) is 8.53. The number of hydrogen-bond donors (Lipinski definition) is 2. The first-order valence-electron chi connectivity index (χ1n) is 7.77. The summed E-state index contributed by atoms with van der Waals surface area (Å²) in [5.41, 5.74) is 1.63. The average Bonchev–Trinajstić information content (AvgIpc) is 3.01. The summed E-state index contributed by atoms with van der Waals surface area (Å²) in [6.45, 7) is 0. The number of para-hydroxylation sites is 1. The van der Waals surface area contributed by atoms with Crippen LogP contribution in [0.25, 0.3) is 0 Å². The van der Waals surface area contributed by atoms with Gasteiger partial charge < -0.3 is 0 Å². The number of hydrogen-bond acceptors (Lipinski definition) is 5. The molecular weight excluding hydrogens is 370 g/mol. The molecule has 3 rings (SSSR count).